The van der Waals surface area contributed by atoms with Crippen molar-refractivity contribution in [2.24, 2.45) is 0 Å². The quantitative estimate of drug-likeness (QED) is 0.761. The Balaban J connectivity index is 1.52. The summed E-state index contributed by atoms with van der Waals surface area (Å²) in [6.45, 7) is 6.28. The van der Waals surface area contributed by atoms with Gasteiger partial charge >= 0.3 is 0 Å². The Labute approximate surface area is 177 Å². The van der Waals surface area contributed by atoms with Gasteiger partial charge in [0.15, 0.2) is 0 Å². The fourth-order valence-corrected chi connectivity index (χ4v) is 4.96. The number of halogens is 1. The summed E-state index contributed by atoms with van der Waals surface area (Å²) < 4.78 is 40.8. The average Bonchev–Trinajstić information content (AvgIpc) is 2.96. The molecule has 0 saturated carbocycles. The van der Waals surface area contributed by atoms with E-state index in [1.165, 1.54) is 12.1 Å². The van der Waals surface area contributed by atoms with Crippen LogP contribution in [-0.2, 0) is 14.8 Å². The minimum absolute atomic E-state index is 0.0622. The van der Waals surface area contributed by atoms with Gasteiger partial charge in [-0.3, -0.25) is 4.79 Å². The molecular formula is C22H28FN3O3S. The van der Waals surface area contributed by atoms with Crippen LogP contribution in [0.15, 0.2) is 47.4 Å². The molecule has 0 aromatic heterocycles. The number of hydrogen-bond acceptors (Lipinski definition) is 4. The van der Waals surface area contributed by atoms with Crippen LogP contribution in [0.25, 0.3) is 0 Å². The molecule has 1 N–H and O–H groups in total. The molecule has 1 fully saturated rings. The molecule has 1 heterocycles. The van der Waals surface area contributed by atoms with Crippen molar-refractivity contribution in [3.63, 3.8) is 0 Å². The molecule has 2 aromatic carbocycles. The van der Waals surface area contributed by atoms with E-state index in [-0.39, 0.29) is 29.6 Å². The Kier molecular flexibility index (Phi) is 7.10. The van der Waals surface area contributed by atoms with Gasteiger partial charge in [-0.15, -0.1) is 0 Å². The van der Waals surface area contributed by atoms with E-state index in [0.717, 1.165) is 24.2 Å². The molecule has 1 aliphatic heterocycles. The number of sulfonamides is 1. The van der Waals surface area contributed by atoms with Gasteiger partial charge in [-0.1, -0.05) is 12.1 Å². The van der Waals surface area contributed by atoms with E-state index >= 15 is 0 Å². The Morgan fingerprint density at radius 3 is 2.50 bits per heavy atom. The molecule has 0 bridgehead atoms. The number of rotatable bonds is 6. The zero-order valence-corrected chi connectivity index (χ0v) is 18.2. The van der Waals surface area contributed by atoms with Gasteiger partial charge in [0.25, 0.3) is 0 Å². The number of hydrogen-bond donors (Lipinski definition) is 1. The van der Waals surface area contributed by atoms with Crippen LogP contribution >= 0.6 is 0 Å². The molecule has 162 valence electrons. The second-order valence-corrected chi connectivity index (χ2v) is 9.35. The fourth-order valence-electron chi connectivity index (χ4n) is 3.60. The van der Waals surface area contributed by atoms with Gasteiger partial charge in [-0.05, 0) is 61.7 Å². The number of nitrogens with one attached hydrogen (secondary N) is 1. The van der Waals surface area contributed by atoms with Crippen molar-refractivity contribution in [3.05, 3.63) is 59.4 Å². The lowest BCUT2D eigenvalue weighted by molar-refractivity contribution is -0.130. The lowest BCUT2D eigenvalue weighted by atomic mass is 10.2. The van der Waals surface area contributed by atoms with Crippen molar-refractivity contribution in [1.82, 2.24) is 9.62 Å². The number of anilines is 1. The highest BCUT2D eigenvalue weighted by molar-refractivity contribution is 7.89. The van der Waals surface area contributed by atoms with Crippen molar-refractivity contribution in [1.29, 1.82) is 0 Å². The van der Waals surface area contributed by atoms with Gasteiger partial charge < -0.3 is 9.80 Å². The molecule has 0 atom stereocenters. The Morgan fingerprint density at radius 2 is 1.77 bits per heavy atom. The molecule has 1 saturated heterocycles. The number of benzene rings is 2. The first-order valence-corrected chi connectivity index (χ1v) is 11.6. The molecule has 2 aromatic rings. The Morgan fingerprint density at radius 1 is 1.03 bits per heavy atom. The SMILES string of the molecule is Cc1ccc(C)c(S(=O)(=O)NCCC(=O)N2CCCN(c3ccc(F)cc3)CC2)c1. The maximum atomic E-state index is 13.1. The number of carbonyl (C=O) groups excluding carboxylic acids is 1. The monoisotopic (exact) mass is 433 g/mol. The smallest absolute Gasteiger partial charge is 0.240 e. The van der Waals surface area contributed by atoms with Crippen LogP contribution in [0.5, 0.6) is 0 Å². The van der Waals surface area contributed by atoms with Crippen molar-refractivity contribution in [2.45, 2.75) is 31.6 Å². The number of nitrogens with zero attached hydrogens (tertiary/aromatic N) is 2. The zero-order valence-electron chi connectivity index (χ0n) is 17.4. The highest BCUT2D eigenvalue weighted by atomic mass is 32.2. The summed E-state index contributed by atoms with van der Waals surface area (Å²) in [5, 5.41) is 0. The summed E-state index contributed by atoms with van der Waals surface area (Å²) in [6, 6.07) is 11.6. The van der Waals surface area contributed by atoms with Gasteiger partial charge in [-0.2, -0.15) is 0 Å². The van der Waals surface area contributed by atoms with E-state index in [1.54, 1.807) is 36.1 Å². The molecule has 0 radical (unpaired) electrons. The van der Waals surface area contributed by atoms with E-state index < -0.39 is 10.0 Å². The lowest BCUT2D eigenvalue weighted by Gasteiger charge is -2.23. The lowest BCUT2D eigenvalue weighted by Crippen LogP contribution is -2.37. The molecule has 30 heavy (non-hydrogen) atoms. The predicted octanol–water partition coefficient (Wildman–Crippen LogP) is 2.85. The summed E-state index contributed by atoms with van der Waals surface area (Å²) in [7, 11) is -3.65. The second kappa shape index (κ2) is 9.57. The van der Waals surface area contributed by atoms with Crippen molar-refractivity contribution in [2.75, 3.05) is 37.6 Å². The normalized spacial score (nSPS) is 15.2. The van der Waals surface area contributed by atoms with E-state index in [2.05, 4.69) is 9.62 Å². The third-order valence-corrected chi connectivity index (χ3v) is 6.91. The molecular weight excluding hydrogens is 405 g/mol. The van der Waals surface area contributed by atoms with Gasteiger partial charge in [-0.25, -0.2) is 17.5 Å². The standard InChI is InChI=1S/C22H28FN3O3S/c1-17-4-5-18(2)21(16-17)30(28,29)24-11-10-22(27)26-13-3-12-25(14-15-26)20-8-6-19(23)7-9-20/h4-9,16,24H,3,10-15H2,1-2H3. The summed E-state index contributed by atoms with van der Waals surface area (Å²) in [4.78, 5) is 16.8. The summed E-state index contributed by atoms with van der Waals surface area (Å²) in [5.74, 6) is -0.340. The van der Waals surface area contributed by atoms with Crippen LogP contribution in [0.4, 0.5) is 10.1 Å². The van der Waals surface area contributed by atoms with Crippen LogP contribution in [0.3, 0.4) is 0 Å². The third kappa shape index (κ3) is 5.58. The molecule has 0 unspecified atom stereocenters. The van der Waals surface area contributed by atoms with Gasteiger partial charge in [0.1, 0.15) is 5.82 Å². The predicted molar refractivity (Wildman–Crippen MR) is 116 cm³/mol. The van der Waals surface area contributed by atoms with Gasteiger partial charge in [0.05, 0.1) is 4.90 Å². The molecule has 3 rings (SSSR count). The van der Waals surface area contributed by atoms with E-state index in [4.69, 9.17) is 0 Å². The van der Waals surface area contributed by atoms with Crippen LogP contribution in [0, 0.1) is 19.7 Å². The minimum Gasteiger partial charge on any atom is -0.370 e. The Bertz CT molecular complexity index is 993. The maximum Gasteiger partial charge on any atom is 0.240 e. The molecule has 1 amide bonds. The van der Waals surface area contributed by atoms with E-state index in [9.17, 15) is 17.6 Å². The van der Waals surface area contributed by atoms with Crippen molar-refractivity contribution >= 4 is 21.6 Å². The third-order valence-electron chi connectivity index (χ3n) is 5.30. The molecule has 1 aliphatic rings. The molecule has 6 nitrogen and oxygen atoms in total. The highest BCUT2D eigenvalue weighted by Crippen LogP contribution is 2.18. The highest BCUT2D eigenvalue weighted by Gasteiger charge is 2.21. The average molecular weight is 434 g/mol. The molecule has 8 heteroatoms. The van der Waals surface area contributed by atoms with Crippen molar-refractivity contribution < 1.29 is 17.6 Å². The van der Waals surface area contributed by atoms with Crippen LogP contribution in [0.2, 0.25) is 0 Å². The molecule has 0 aliphatic carbocycles. The number of amides is 1. The largest absolute Gasteiger partial charge is 0.370 e. The molecule has 0 spiro atoms. The maximum absolute atomic E-state index is 13.1. The van der Waals surface area contributed by atoms with E-state index in [0.29, 0.717) is 25.2 Å². The van der Waals surface area contributed by atoms with Gasteiger partial charge in [0.2, 0.25) is 15.9 Å². The number of aryl methyl sites for hydroxylation is 2. The first kappa shape index (κ1) is 22.2. The first-order chi connectivity index (χ1) is 14.3. The minimum atomic E-state index is -3.65. The summed E-state index contributed by atoms with van der Waals surface area (Å²) >= 11 is 0. The van der Waals surface area contributed by atoms with Crippen LogP contribution in [0.1, 0.15) is 24.0 Å². The zero-order chi connectivity index (χ0) is 21.7. The summed E-state index contributed by atoms with van der Waals surface area (Å²) in [5.41, 5.74) is 2.48. The Hall–Kier alpha value is -2.45. The second-order valence-electron chi connectivity index (χ2n) is 7.61. The summed E-state index contributed by atoms with van der Waals surface area (Å²) in [6.07, 6.45) is 0.915. The van der Waals surface area contributed by atoms with E-state index in [1.807, 2.05) is 13.0 Å². The topological polar surface area (TPSA) is 69.7 Å². The van der Waals surface area contributed by atoms with Crippen LogP contribution in [-0.4, -0.2) is 51.9 Å². The van der Waals surface area contributed by atoms with Crippen molar-refractivity contribution in [3.8, 4) is 0 Å². The first-order valence-electron chi connectivity index (χ1n) is 10.1. The van der Waals surface area contributed by atoms with Gasteiger partial charge in [0, 0.05) is 44.8 Å². The fraction of sp³-hybridized carbons (Fsp3) is 0.409. The number of carbonyl (C=O) groups is 1. The van der Waals surface area contributed by atoms with Crippen LogP contribution < -0.4 is 9.62 Å².